The van der Waals surface area contributed by atoms with Gasteiger partial charge in [-0.2, -0.15) is 5.10 Å². The summed E-state index contributed by atoms with van der Waals surface area (Å²) in [6, 6.07) is 5.82. The monoisotopic (exact) mass is 434 g/mol. The van der Waals surface area contributed by atoms with Crippen LogP contribution in [-0.4, -0.2) is 31.7 Å². The number of anilines is 1. The minimum Gasteiger partial charge on any atom is -0.378 e. The lowest BCUT2D eigenvalue weighted by molar-refractivity contribution is 0.0995. The highest BCUT2D eigenvalue weighted by atomic mass is 16.1. The van der Waals surface area contributed by atoms with E-state index in [4.69, 9.17) is 5.73 Å². The van der Waals surface area contributed by atoms with Crippen molar-refractivity contribution in [3.63, 3.8) is 0 Å². The van der Waals surface area contributed by atoms with Crippen LogP contribution in [0, 0.1) is 5.92 Å². The Hall–Kier alpha value is -3.42. The zero-order valence-electron chi connectivity index (χ0n) is 18.5. The van der Waals surface area contributed by atoms with Crippen LogP contribution in [0.4, 0.5) is 5.69 Å². The molecule has 1 aliphatic rings. The number of rotatable bonds is 7. The van der Waals surface area contributed by atoms with Crippen LogP contribution < -0.4 is 16.6 Å². The largest absolute Gasteiger partial charge is 0.378 e. The van der Waals surface area contributed by atoms with Crippen LogP contribution in [0.15, 0.2) is 47.8 Å². The second kappa shape index (κ2) is 9.38. The number of carbonyl (C=O) groups is 1. The van der Waals surface area contributed by atoms with Gasteiger partial charge in [-0.15, -0.1) is 0 Å². The summed E-state index contributed by atoms with van der Waals surface area (Å²) in [5.74, 6) is 0.257. The summed E-state index contributed by atoms with van der Waals surface area (Å²) in [5, 5.41) is 10.4. The Morgan fingerprint density at radius 2 is 2.00 bits per heavy atom. The number of amides is 1. The number of nitrogens with one attached hydrogen (secondary N) is 2. The molecule has 0 unspecified atom stereocenters. The first-order chi connectivity index (χ1) is 15.4. The number of aromatic amines is 1. The zero-order chi connectivity index (χ0) is 22.7. The smallest absolute Gasteiger partial charge is 0.273 e. The Morgan fingerprint density at radius 3 is 2.59 bits per heavy atom. The molecule has 0 spiro atoms. The maximum Gasteiger partial charge on any atom is 0.273 e. The first kappa shape index (κ1) is 21.8. The average molecular weight is 435 g/mol. The molecule has 3 aromatic heterocycles. The summed E-state index contributed by atoms with van der Waals surface area (Å²) in [7, 11) is 0. The van der Waals surface area contributed by atoms with Crippen LogP contribution >= 0.6 is 0 Å². The molecule has 168 valence electrons. The van der Waals surface area contributed by atoms with Crippen molar-refractivity contribution in [2.45, 2.75) is 58.0 Å². The Kier molecular flexibility index (Phi) is 6.39. The van der Waals surface area contributed by atoms with Crippen molar-refractivity contribution in [1.82, 2.24) is 19.7 Å². The molecule has 1 amide bonds. The van der Waals surface area contributed by atoms with Crippen molar-refractivity contribution in [3.8, 4) is 11.1 Å². The lowest BCUT2D eigenvalue weighted by Crippen LogP contribution is -2.31. The first-order valence-electron chi connectivity index (χ1n) is 11.2. The maximum absolute atomic E-state index is 13.1. The second-order valence-corrected chi connectivity index (χ2v) is 9.01. The van der Waals surface area contributed by atoms with Gasteiger partial charge in [-0.3, -0.25) is 19.7 Å². The minimum atomic E-state index is -0.509. The number of pyridine rings is 2. The Morgan fingerprint density at radius 1 is 1.22 bits per heavy atom. The topological polar surface area (TPSA) is 119 Å². The fourth-order valence-electron chi connectivity index (χ4n) is 4.42. The first-order valence-corrected chi connectivity index (χ1v) is 11.2. The van der Waals surface area contributed by atoms with Gasteiger partial charge < -0.3 is 15.6 Å². The molecule has 1 fully saturated rings. The lowest BCUT2D eigenvalue weighted by atomic mass is 9.82. The van der Waals surface area contributed by atoms with Gasteiger partial charge in [0.1, 0.15) is 11.4 Å². The van der Waals surface area contributed by atoms with Crippen molar-refractivity contribution < 1.29 is 4.79 Å². The molecule has 8 heteroatoms. The molecule has 1 aliphatic carbocycles. The van der Waals surface area contributed by atoms with Crippen LogP contribution in [-0.2, 0) is 6.54 Å². The number of hydrogen-bond acceptors (Lipinski definition) is 5. The highest BCUT2D eigenvalue weighted by molar-refractivity contribution is 5.90. The van der Waals surface area contributed by atoms with Crippen LogP contribution in [0.5, 0.6) is 0 Å². The predicted molar refractivity (Wildman–Crippen MR) is 124 cm³/mol. The van der Waals surface area contributed by atoms with E-state index in [0.717, 1.165) is 42.4 Å². The number of H-pyrrole nitrogens is 1. The van der Waals surface area contributed by atoms with E-state index in [2.05, 4.69) is 34.3 Å². The summed E-state index contributed by atoms with van der Waals surface area (Å²) >= 11 is 0. The third kappa shape index (κ3) is 4.90. The summed E-state index contributed by atoms with van der Waals surface area (Å²) in [6.45, 7) is 4.88. The fourth-order valence-corrected chi connectivity index (χ4v) is 4.42. The van der Waals surface area contributed by atoms with Crippen LogP contribution in [0.1, 0.15) is 61.5 Å². The fraction of sp³-hybridized carbons (Fsp3) is 0.417. The average Bonchev–Trinajstić information content (AvgIpc) is 3.32. The zero-order valence-corrected chi connectivity index (χ0v) is 18.5. The normalized spacial score (nSPS) is 18.6. The standard InChI is InChI=1S/C24H30N6O2/c1-15(2)13-30-14-18(19-11-27-28-12-19)9-22(24(30)32)29-20-6-3-16(4-7-20)17-5-8-21(23(25)31)26-10-17/h5,8-12,14-16,20,29H,3-4,6-7,13H2,1-2H3,(H2,25,31)(H,27,28). The van der Waals surface area contributed by atoms with Gasteiger partial charge in [0.15, 0.2) is 0 Å². The van der Waals surface area contributed by atoms with Gasteiger partial charge in [0.2, 0.25) is 0 Å². The molecular formula is C24H30N6O2. The van der Waals surface area contributed by atoms with Gasteiger partial charge in [-0.1, -0.05) is 19.9 Å². The number of primary amides is 1. The molecule has 8 nitrogen and oxygen atoms in total. The van der Waals surface area contributed by atoms with Gasteiger partial charge in [0, 0.05) is 42.3 Å². The minimum absolute atomic E-state index is 0.0132. The number of nitrogens with two attached hydrogens (primary N) is 1. The van der Waals surface area contributed by atoms with E-state index in [-0.39, 0.29) is 11.6 Å². The van der Waals surface area contributed by atoms with Crippen molar-refractivity contribution in [3.05, 3.63) is 64.6 Å². The van der Waals surface area contributed by atoms with E-state index in [1.54, 1.807) is 23.0 Å². The van der Waals surface area contributed by atoms with Crippen molar-refractivity contribution in [2.75, 3.05) is 5.32 Å². The van der Waals surface area contributed by atoms with Gasteiger partial charge in [-0.05, 0) is 55.2 Å². The summed E-state index contributed by atoms with van der Waals surface area (Å²) in [6.07, 6.45) is 11.2. The third-order valence-corrected chi connectivity index (χ3v) is 6.08. The molecule has 3 aromatic rings. The summed E-state index contributed by atoms with van der Waals surface area (Å²) in [4.78, 5) is 28.5. The molecule has 0 aliphatic heterocycles. The van der Waals surface area contributed by atoms with Crippen molar-refractivity contribution in [1.29, 1.82) is 0 Å². The lowest BCUT2D eigenvalue weighted by Gasteiger charge is -2.30. The van der Waals surface area contributed by atoms with Gasteiger partial charge >= 0.3 is 0 Å². The molecule has 1 saturated carbocycles. The molecule has 0 radical (unpaired) electrons. The highest BCUT2D eigenvalue weighted by Gasteiger charge is 2.24. The van der Waals surface area contributed by atoms with Gasteiger partial charge in [0.05, 0.1) is 6.20 Å². The maximum atomic E-state index is 13.1. The molecule has 0 atom stereocenters. The van der Waals surface area contributed by atoms with E-state index in [0.29, 0.717) is 29.8 Å². The number of aromatic nitrogens is 4. The number of hydrogen-bond donors (Lipinski definition) is 3. The SMILES string of the molecule is CC(C)Cn1cc(-c2cn[nH]c2)cc(NC2CCC(c3ccc(C(N)=O)nc3)CC2)c1=O. The molecule has 4 N–H and O–H groups in total. The number of nitrogens with zero attached hydrogens (tertiary/aromatic N) is 3. The van der Waals surface area contributed by atoms with Crippen molar-refractivity contribution in [2.24, 2.45) is 11.7 Å². The highest BCUT2D eigenvalue weighted by Crippen LogP contribution is 2.34. The quantitative estimate of drug-likeness (QED) is 0.526. The van der Waals surface area contributed by atoms with Crippen LogP contribution in [0.2, 0.25) is 0 Å². The molecule has 0 saturated heterocycles. The van der Waals surface area contributed by atoms with E-state index in [9.17, 15) is 9.59 Å². The van der Waals surface area contributed by atoms with Crippen molar-refractivity contribution >= 4 is 11.6 Å². The van der Waals surface area contributed by atoms with E-state index in [1.165, 1.54) is 0 Å². The second-order valence-electron chi connectivity index (χ2n) is 9.01. The van der Waals surface area contributed by atoms with Gasteiger partial charge in [-0.25, -0.2) is 0 Å². The molecule has 3 heterocycles. The molecular weight excluding hydrogens is 404 g/mol. The van der Waals surface area contributed by atoms with E-state index in [1.807, 2.05) is 24.5 Å². The number of carbonyl (C=O) groups excluding carboxylic acids is 1. The molecule has 4 rings (SSSR count). The summed E-state index contributed by atoms with van der Waals surface area (Å²) in [5.41, 5.74) is 9.29. The molecule has 0 aromatic carbocycles. The molecule has 32 heavy (non-hydrogen) atoms. The predicted octanol–water partition coefficient (Wildman–Crippen LogP) is 3.53. The Balaban J connectivity index is 1.48. The van der Waals surface area contributed by atoms with Crippen LogP contribution in [0.3, 0.4) is 0 Å². The third-order valence-electron chi connectivity index (χ3n) is 6.08. The molecule has 0 bridgehead atoms. The van der Waals surface area contributed by atoms with Crippen LogP contribution in [0.25, 0.3) is 11.1 Å². The summed E-state index contributed by atoms with van der Waals surface area (Å²) < 4.78 is 1.80. The Labute approximate surface area is 187 Å². The van der Waals surface area contributed by atoms with Gasteiger partial charge in [0.25, 0.3) is 11.5 Å². The van der Waals surface area contributed by atoms with E-state index < -0.39 is 5.91 Å². The Bertz CT molecular complexity index is 1110. The van der Waals surface area contributed by atoms with E-state index >= 15 is 0 Å².